The minimum absolute atomic E-state index is 0.235. The third kappa shape index (κ3) is 1.89. The maximum absolute atomic E-state index is 12.3. The van der Waals surface area contributed by atoms with Gasteiger partial charge in [0.2, 0.25) is 11.4 Å². The molecule has 2 saturated heterocycles. The van der Waals surface area contributed by atoms with Gasteiger partial charge in [-0.3, -0.25) is 4.79 Å². The molecule has 2 N–H and O–H groups in total. The molecule has 0 bridgehead atoms. The number of esters is 1. The monoisotopic (exact) mass is 325 g/mol. The third-order valence-corrected chi connectivity index (χ3v) is 5.49. The Balaban J connectivity index is 1.94. The number of rotatable bonds is 4. The lowest BCUT2D eigenvalue weighted by Crippen LogP contribution is -2.80. The lowest BCUT2D eigenvalue weighted by atomic mass is 9.65. The molecular weight excluding hydrogens is 306 g/mol. The van der Waals surface area contributed by atoms with Gasteiger partial charge in [0, 0.05) is 11.8 Å². The number of amides is 1. The number of halogens is 1. The molecule has 5 atom stereocenters. The summed E-state index contributed by atoms with van der Waals surface area (Å²) in [6, 6.07) is 0. The Labute approximate surface area is 134 Å². The zero-order valence-corrected chi connectivity index (χ0v) is 13.2. The molecule has 0 aromatic heterocycles. The first-order valence-corrected chi connectivity index (χ1v) is 8.21. The van der Waals surface area contributed by atoms with Crippen LogP contribution in [0.1, 0.15) is 32.6 Å². The summed E-state index contributed by atoms with van der Waals surface area (Å²) in [4.78, 5) is 24.5. The average Bonchev–Trinajstić information content (AvgIpc) is 2.71. The molecule has 3 rings (SSSR count). The van der Waals surface area contributed by atoms with Gasteiger partial charge in [-0.25, -0.2) is 4.79 Å². The molecule has 5 nitrogen and oxygen atoms in total. The molecule has 0 aromatic carbocycles. The average molecular weight is 326 g/mol. The van der Waals surface area contributed by atoms with E-state index in [9.17, 15) is 14.7 Å². The molecule has 0 saturated carbocycles. The predicted molar refractivity (Wildman–Crippen MR) is 80.2 cm³/mol. The zero-order valence-electron chi connectivity index (χ0n) is 12.5. The van der Waals surface area contributed by atoms with Crippen molar-refractivity contribution in [2.24, 2.45) is 11.8 Å². The van der Waals surface area contributed by atoms with Crippen molar-refractivity contribution in [1.29, 1.82) is 0 Å². The minimum Gasteiger partial charge on any atom is -0.453 e. The summed E-state index contributed by atoms with van der Waals surface area (Å²) in [7, 11) is 0. The van der Waals surface area contributed by atoms with E-state index in [2.05, 4.69) is 11.0 Å². The Hall–Kier alpha value is -1.29. The number of ether oxygens (including phenoxy) is 1. The summed E-state index contributed by atoms with van der Waals surface area (Å²) in [5.41, 5.74) is 0.627. The highest BCUT2D eigenvalue weighted by atomic mass is 35.5. The molecule has 0 unspecified atom stereocenters. The number of carbonyl (C=O) groups excluding carboxylic acids is 2. The van der Waals surface area contributed by atoms with Crippen LogP contribution in [-0.2, 0) is 14.3 Å². The van der Waals surface area contributed by atoms with Crippen LogP contribution in [0.4, 0.5) is 0 Å². The van der Waals surface area contributed by atoms with Gasteiger partial charge in [0.15, 0.2) is 5.60 Å². The van der Waals surface area contributed by atoms with Gasteiger partial charge in [0.25, 0.3) is 0 Å². The van der Waals surface area contributed by atoms with Crippen LogP contribution in [0.15, 0.2) is 17.9 Å². The van der Waals surface area contributed by atoms with E-state index in [1.165, 1.54) is 0 Å². The second-order valence-electron chi connectivity index (χ2n) is 6.40. The largest absolute Gasteiger partial charge is 0.453 e. The fourth-order valence-corrected chi connectivity index (χ4v) is 4.17. The zero-order chi connectivity index (χ0) is 16.0. The lowest BCUT2D eigenvalue weighted by Gasteiger charge is -2.54. The second-order valence-corrected chi connectivity index (χ2v) is 6.78. The molecule has 1 amide bonds. The van der Waals surface area contributed by atoms with Crippen LogP contribution in [0.2, 0.25) is 0 Å². The maximum atomic E-state index is 12.3. The summed E-state index contributed by atoms with van der Waals surface area (Å²) in [6.45, 7) is 1.71. The Bertz CT molecular complexity index is 570. The van der Waals surface area contributed by atoms with E-state index < -0.39 is 29.1 Å². The van der Waals surface area contributed by atoms with Crippen molar-refractivity contribution < 1.29 is 19.4 Å². The highest BCUT2D eigenvalue weighted by Gasteiger charge is 2.79. The molecule has 2 fully saturated rings. The van der Waals surface area contributed by atoms with Gasteiger partial charge in [-0.2, -0.15) is 0 Å². The Kier molecular flexibility index (Phi) is 3.84. The van der Waals surface area contributed by atoms with E-state index >= 15 is 0 Å². The number of hydrogen-bond acceptors (Lipinski definition) is 4. The summed E-state index contributed by atoms with van der Waals surface area (Å²) < 4.78 is 5.35. The van der Waals surface area contributed by atoms with Crippen LogP contribution in [0, 0.1) is 11.8 Å². The molecule has 6 heteroatoms. The van der Waals surface area contributed by atoms with Crippen molar-refractivity contribution in [2.45, 2.75) is 49.9 Å². The number of aliphatic hydroxyl groups is 1. The first-order valence-electron chi connectivity index (χ1n) is 7.68. The third-order valence-electron chi connectivity index (χ3n) is 5.27. The van der Waals surface area contributed by atoms with Crippen LogP contribution in [0.5, 0.6) is 0 Å². The van der Waals surface area contributed by atoms with Gasteiger partial charge in [-0.05, 0) is 44.8 Å². The minimum atomic E-state index is -1.37. The molecule has 22 heavy (non-hydrogen) atoms. The summed E-state index contributed by atoms with van der Waals surface area (Å²) in [6.07, 6.45) is 5.65. The lowest BCUT2D eigenvalue weighted by molar-refractivity contribution is -0.238. The highest BCUT2D eigenvalue weighted by molar-refractivity contribution is 6.18. The van der Waals surface area contributed by atoms with E-state index in [1.807, 2.05) is 6.08 Å². The standard InChI is InChI=1S/C16H20ClNO4/c1-15-11(8-9-17)13(20)18-16(15,14(21)22-15)12(19)10-6-4-2-3-5-7-10/h2,6,10-12,19H,3,5,7-9H2,1H3,(H,18,20)/t10-,11+,12-,15+,16+/m1/s1. The van der Waals surface area contributed by atoms with Gasteiger partial charge < -0.3 is 15.2 Å². The van der Waals surface area contributed by atoms with Crippen molar-refractivity contribution in [3.8, 4) is 0 Å². The molecule has 3 aliphatic rings. The smallest absolute Gasteiger partial charge is 0.339 e. The first-order chi connectivity index (χ1) is 10.5. The van der Waals surface area contributed by atoms with Crippen LogP contribution in [0.25, 0.3) is 0 Å². The summed E-state index contributed by atoms with van der Waals surface area (Å²) in [5.74, 6) is -1.30. The number of fused-ring (bicyclic) bond motifs is 1. The van der Waals surface area contributed by atoms with E-state index in [1.54, 1.807) is 13.0 Å². The van der Waals surface area contributed by atoms with E-state index in [0.717, 1.165) is 19.3 Å². The number of aliphatic hydroxyl groups excluding tert-OH is 1. The molecule has 0 radical (unpaired) electrons. The van der Waals surface area contributed by atoms with Crippen molar-refractivity contribution in [3.05, 3.63) is 17.9 Å². The number of carbonyl (C=O) groups is 2. The van der Waals surface area contributed by atoms with Crippen LogP contribution < -0.4 is 5.32 Å². The molecule has 120 valence electrons. The molecule has 1 aliphatic carbocycles. The first kappa shape index (κ1) is 15.6. The van der Waals surface area contributed by atoms with Gasteiger partial charge in [0.05, 0.1) is 12.0 Å². The Morgan fingerprint density at radius 1 is 1.59 bits per heavy atom. The summed E-state index contributed by atoms with van der Waals surface area (Å²) >= 11 is 5.77. The summed E-state index contributed by atoms with van der Waals surface area (Å²) in [5, 5.41) is 13.6. The van der Waals surface area contributed by atoms with Crippen molar-refractivity contribution in [2.75, 3.05) is 5.88 Å². The number of hydrogen-bond donors (Lipinski definition) is 2. The topological polar surface area (TPSA) is 75.6 Å². The van der Waals surface area contributed by atoms with Gasteiger partial charge in [-0.1, -0.05) is 0 Å². The fourth-order valence-electron chi connectivity index (χ4n) is 3.95. The van der Waals surface area contributed by atoms with Crippen molar-refractivity contribution >= 4 is 23.5 Å². The normalized spacial score (nSPS) is 41.2. The Morgan fingerprint density at radius 3 is 3.05 bits per heavy atom. The number of nitrogens with one attached hydrogen (secondary N) is 1. The number of alkyl halides is 1. The van der Waals surface area contributed by atoms with E-state index in [0.29, 0.717) is 12.3 Å². The van der Waals surface area contributed by atoms with Crippen molar-refractivity contribution in [3.63, 3.8) is 0 Å². The van der Waals surface area contributed by atoms with Crippen molar-refractivity contribution in [1.82, 2.24) is 5.32 Å². The maximum Gasteiger partial charge on any atom is 0.339 e. The van der Waals surface area contributed by atoms with Gasteiger partial charge in [-0.15, -0.1) is 17.3 Å². The predicted octanol–water partition coefficient (Wildman–Crippen LogP) is 1.29. The fraction of sp³-hybridized carbons (Fsp3) is 0.688. The van der Waals surface area contributed by atoms with Crippen LogP contribution >= 0.6 is 11.6 Å². The highest BCUT2D eigenvalue weighted by Crippen LogP contribution is 2.53. The molecular formula is C16H20ClNO4. The Morgan fingerprint density at radius 2 is 2.36 bits per heavy atom. The van der Waals surface area contributed by atoms with Gasteiger partial charge in [0.1, 0.15) is 0 Å². The van der Waals surface area contributed by atoms with E-state index in [-0.39, 0.29) is 11.8 Å². The van der Waals surface area contributed by atoms with Crippen LogP contribution in [0.3, 0.4) is 0 Å². The quantitative estimate of drug-likeness (QED) is 0.464. The second kappa shape index (κ2) is 5.41. The SMILES string of the molecule is C[C@@]12OC(=O)[C@]1([C@H](O)[C@@H]1C=C=CCCC1)NC(=O)[C@@H]2CCCl. The molecule has 2 heterocycles. The molecule has 0 aromatic rings. The van der Waals surface area contributed by atoms with Gasteiger partial charge >= 0.3 is 5.97 Å². The molecule has 2 aliphatic heterocycles. The van der Waals surface area contributed by atoms with Crippen LogP contribution in [-0.4, -0.2) is 40.1 Å². The molecule has 0 spiro atoms. The van der Waals surface area contributed by atoms with E-state index in [4.69, 9.17) is 16.3 Å².